The molecule has 130 valence electrons. The first-order valence-corrected chi connectivity index (χ1v) is 8.22. The van der Waals surface area contributed by atoms with E-state index in [0.29, 0.717) is 42.7 Å². The topological polar surface area (TPSA) is 102 Å². The molecule has 1 aliphatic rings. The van der Waals surface area contributed by atoms with Gasteiger partial charge in [-0.1, -0.05) is 0 Å². The quantitative estimate of drug-likeness (QED) is 0.691. The smallest absolute Gasteiger partial charge is 0.274 e. The lowest BCUT2D eigenvalue weighted by atomic mass is 10.1. The summed E-state index contributed by atoms with van der Waals surface area (Å²) in [5, 5.41) is 12.2. The van der Waals surface area contributed by atoms with E-state index in [1.165, 1.54) is 0 Å². The molecule has 3 aromatic heterocycles. The number of ether oxygens (including phenoxy) is 1. The summed E-state index contributed by atoms with van der Waals surface area (Å²) in [4.78, 5) is 23.3. The summed E-state index contributed by atoms with van der Waals surface area (Å²) in [6, 6.07) is 0. The van der Waals surface area contributed by atoms with Crippen molar-refractivity contribution in [1.82, 2.24) is 34.8 Å². The number of hydrogen-bond donors (Lipinski definition) is 1. The normalized spacial score (nSPS) is 14.3. The third-order valence-corrected chi connectivity index (χ3v) is 4.33. The number of nitrogens with one attached hydrogen (secondary N) is 1. The van der Waals surface area contributed by atoms with E-state index in [1.807, 2.05) is 18.0 Å². The molecule has 0 spiro atoms. The minimum Gasteiger partial charge on any atom is -0.385 e. The van der Waals surface area contributed by atoms with Gasteiger partial charge in [-0.05, 0) is 19.8 Å². The minimum atomic E-state index is -0.0367. The first kappa shape index (κ1) is 15.7. The summed E-state index contributed by atoms with van der Waals surface area (Å²) < 4.78 is 6.72. The second-order valence-corrected chi connectivity index (χ2v) is 6.06. The molecule has 0 aromatic carbocycles. The lowest BCUT2D eigenvalue weighted by Crippen LogP contribution is -2.38. The van der Waals surface area contributed by atoms with Crippen molar-refractivity contribution in [2.45, 2.75) is 19.8 Å². The Kier molecular flexibility index (Phi) is 3.92. The molecule has 25 heavy (non-hydrogen) atoms. The highest BCUT2D eigenvalue weighted by atomic mass is 16.5. The van der Waals surface area contributed by atoms with Crippen LogP contribution in [0.4, 0.5) is 0 Å². The van der Waals surface area contributed by atoms with Gasteiger partial charge in [-0.3, -0.25) is 9.89 Å². The van der Waals surface area contributed by atoms with Crippen molar-refractivity contribution >= 4 is 16.9 Å². The van der Waals surface area contributed by atoms with Crippen molar-refractivity contribution < 1.29 is 9.53 Å². The van der Waals surface area contributed by atoms with Crippen molar-refractivity contribution in [3.05, 3.63) is 29.5 Å². The average molecular weight is 341 g/mol. The Labute approximate surface area is 144 Å². The number of carbonyl (C=O) groups is 1. The Morgan fingerprint density at radius 2 is 2.24 bits per heavy atom. The number of amides is 1. The Balaban J connectivity index is 1.68. The summed E-state index contributed by atoms with van der Waals surface area (Å²) in [7, 11) is 1.66. The van der Waals surface area contributed by atoms with Gasteiger partial charge in [-0.25, -0.2) is 14.6 Å². The summed E-state index contributed by atoms with van der Waals surface area (Å²) >= 11 is 0. The van der Waals surface area contributed by atoms with E-state index in [4.69, 9.17) is 4.74 Å². The molecule has 1 aliphatic heterocycles. The number of hydrogen-bond acceptors (Lipinski definition) is 6. The molecule has 3 aromatic rings. The van der Waals surface area contributed by atoms with E-state index < -0.39 is 0 Å². The van der Waals surface area contributed by atoms with Crippen LogP contribution in [0.2, 0.25) is 0 Å². The van der Waals surface area contributed by atoms with Crippen molar-refractivity contribution in [2.24, 2.45) is 0 Å². The number of methoxy groups -OCH3 is 1. The van der Waals surface area contributed by atoms with Gasteiger partial charge in [-0.15, -0.1) is 0 Å². The number of aromatic nitrogens is 6. The van der Waals surface area contributed by atoms with Crippen LogP contribution < -0.4 is 0 Å². The van der Waals surface area contributed by atoms with Gasteiger partial charge < -0.3 is 9.64 Å². The van der Waals surface area contributed by atoms with E-state index in [0.717, 1.165) is 23.8 Å². The van der Waals surface area contributed by atoms with Crippen LogP contribution in [-0.2, 0) is 11.2 Å². The average Bonchev–Trinajstić information content (AvgIpc) is 3.23. The zero-order valence-corrected chi connectivity index (χ0v) is 14.2. The van der Waals surface area contributed by atoms with Gasteiger partial charge in [0.15, 0.2) is 17.2 Å². The molecule has 0 saturated heterocycles. The highest BCUT2D eigenvalue weighted by Gasteiger charge is 2.28. The fourth-order valence-corrected chi connectivity index (χ4v) is 3.10. The molecular formula is C16H19N7O2. The molecule has 0 aliphatic carbocycles. The van der Waals surface area contributed by atoms with Gasteiger partial charge in [0.1, 0.15) is 5.82 Å². The third-order valence-electron chi connectivity index (χ3n) is 4.33. The Bertz CT molecular complexity index is 930. The van der Waals surface area contributed by atoms with Gasteiger partial charge >= 0.3 is 0 Å². The molecule has 4 heterocycles. The van der Waals surface area contributed by atoms with Crippen LogP contribution in [0.15, 0.2) is 12.4 Å². The number of aromatic amines is 1. The van der Waals surface area contributed by atoms with Crippen LogP contribution in [-0.4, -0.2) is 67.6 Å². The maximum Gasteiger partial charge on any atom is 0.274 e. The number of carbonyl (C=O) groups excluding carboxylic acids is 1. The van der Waals surface area contributed by atoms with Crippen molar-refractivity contribution in [1.29, 1.82) is 0 Å². The maximum absolute atomic E-state index is 12.7. The molecule has 4 rings (SSSR count). The number of H-pyrrole nitrogens is 1. The maximum atomic E-state index is 12.7. The second kappa shape index (κ2) is 6.25. The first-order valence-electron chi connectivity index (χ1n) is 8.22. The van der Waals surface area contributed by atoms with Gasteiger partial charge in [0, 0.05) is 38.6 Å². The van der Waals surface area contributed by atoms with Crippen LogP contribution in [0.1, 0.15) is 28.3 Å². The lowest BCUT2D eigenvalue weighted by Gasteiger charge is -2.25. The largest absolute Gasteiger partial charge is 0.385 e. The van der Waals surface area contributed by atoms with Gasteiger partial charge in [-0.2, -0.15) is 10.2 Å². The van der Waals surface area contributed by atoms with Crippen LogP contribution >= 0.6 is 0 Å². The molecule has 0 atom stereocenters. The summed E-state index contributed by atoms with van der Waals surface area (Å²) in [5.41, 5.74) is 2.10. The lowest BCUT2D eigenvalue weighted by molar-refractivity contribution is 0.0714. The van der Waals surface area contributed by atoms with Crippen molar-refractivity contribution in [3.63, 3.8) is 0 Å². The van der Waals surface area contributed by atoms with E-state index >= 15 is 0 Å². The summed E-state index contributed by atoms with van der Waals surface area (Å²) in [6.07, 6.45) is 5.16. The molecule has 0 saturated carbocycles. The van der Waals surface area contributed by atoms with Crippen molar-refractivity contribution in [3.8, 4) is 5.82 Å². The minimum absolute atomic E-state index is 0.0367. The monoisotopic (exact) mass is 341 g/mol. The molecule has 0 bridgehead atoms. The number of aryl methyl sites for hydroxylation is 1. The Hall–Kier alpha value is -2.81. The van der Waals surface area contributed by atoms with Gasteiger partial charge in [0.25, 0.3) is 5.91 Å². The van der Waals surface area contributed by atoms with Crippen LogP contribution in [0.25, 0.3) is 16.9 Å². The highest BCUT2D eigenvalue weighted by Crippen LogP contribution is 2.22. The van der Waals surface area contributed by atoms with E-state index in [-0.39, 0.29) is 5.91 Å². The summed E-state index contributed by atoms with van der Waals surface area (Å²) in [5.74, 6) is 1.21. The molecule has 9 heteroatoms. The fourth-order valence-electron chi connectivity index (χ4n) is 3.10. The van der Waals surface area contributed by atoms with Crippen LogP contribution in [0.5, 0.6) is 0 Å². The third kappa shape index (κ3) is 2.76. The fraction of sp³-hybridized carbons (Fsp3) is 0.438. The van der Waals surface area contributed by atoms with Gasteiger partial charge in [0.05, 0.1) is 11.6 Å². The second-order valence-electron chi connectivity index (χ2n) is 6.06. The molecule has 1 amide bonds. The van der Waals surface area contributed by atoms with E-state index in [1.54, 1.807) is 18.0 Å². The Morgan fingerprint density at radius 3 is 3.08 bits per heavy atom. The van der Waals surface area contributed by atoms with E-state index in [9.17, 15) is 4.79 Å². The number of rotatable bonds is 5. The Morgan fingerprint density at radius 1 is 1.36 bits per heavy atom. The van der Waals surface area contributed by atoms with Crippen LogP contribution in [0, 0.1) is 6.92 Å². The number of fused-ring (bicyclic) bond motifs is 2. The standard InChI is InChI=1S/C16H19N7O2/c1-10-18-14-12(8-17-20-14)15(19-10)23-9-11-4-6-22(5-3-7-25-2)16(24)13(11)21-23/h8-9H,3-7H2,1-2H3,(H,17,18,19,20). The van der Waals surface area contributed by atoms with E-state index in [2.05, 4.69) is 25.3 Å². The number of nitrogens with zero attached hydrogens (tertiary/aromatic N) is 6. The zero-order valence-electron chi connectivity index (χ0n) is 14.2. The molecule has 0 radical (unpaired) electrons. The molecule has 9 nitrogen and oxygen atoms in total. The summed E-state index contributed by atoms with van der Waals surface area (Å²) in [6.45, 7) is 3.84. The van der Waals surface area contributed by atoms with Gasteiger partial charge in [0.2, 0.25) is 0 Å². The molecular weight excluding hydrogens is 322 g/mol. The SMILES string of the molecule is COCCCN1CCc2cn(-c3nc(C)nc4[nH]ncc34)nc2C1=O. The first-order chi connectivity index (χ1) is 12.2. The van der Waals surface area contributed by atoms with Crippen LogP contribution in [0.3, 0.4) is 0 Å². The molecule has 1 N–H and O–H groups in total. The highest BCUT2D eigenvalue weighted by molar-refractivity contribution is 5.95. The van der Waals surface area contributed by atoms with Crippen molar-refractivity contribution in [2.75, 3.05) is 26.8 Å². The molecule has 0 unspecified atom stereocenters. The molecule has 0 fully saturated rings. The predicted octanol–water partition coefficient (Wildman–Crippen LogP) is 0.882. The zero-order chi connectivity index (χ0) is 17.4. The predicted molar refractivity (Wildman–Crippen MR) is 89.6 cm³/mol.